The highest BCUT2D eigenvalue weighted by Crippen LogP contribution is 2.34. The molecule has 0 saturated heterocycles. The molecule has 156 valence electrons. The van der Waals surface area contributed by atoms with Crippen LogP contribution in [-0.4, -0.2) is 49.7 Å². The Morgan fingerprint density at radius 1 is 1.34 bits per heavy atom. The van der Waals surface area contributed by atoms with Crippen molar-refractivity contribution < 1.29 is 19.0 Å². The van der Waals surface area contributed by atoms with Gasteiger partial charge in [0.2, 0.25) is 5.90 Å². The van der Waals surface area contributed by atoms with Crippen molar-refractivity contribution in [2.75, 3.05) is 33.3 Å². The number of carbonyl (C=O) groups excluding carboxylic acids is 1. The molecular formula is C20H26N4O4S. The Labute approximate surface area is 174 Å². The third-order valence-electron chi connectivity index (χ3n) is 4.28. The second-order valence-electron chi connectivity index (χ2n) is 6.36. The molecule has 0 bridgehead atoms. The average molecular weight is 419 g/mol. The summed E-state index contributed by atoms with van der Waals surface area (Å²) in [6.07, 6.45) is 2.34. The van der Waals surface area contributed by atoms with E-state index >= 15 is 0 Å². The molecule has 1 unspecified atom stereocenters. The van der Waals surface area contributed by atoms with Gasteiger partial charge in [-0.05, 0) is 30.0 Å². The van der Waals surface area contributed by atoms with E-state index in [2.05, 4.69) is 21.9 Å². The maximum absolute atomic E-state index is 12.6. The highest BCUT2D eigenvalue weighted by Gasteiger charge is 2.22. The molecule has 0 radical (unpaired) electrons. The third-order valence-corrected chi connectivity index (χ3v) is 5.33. The molecule has 2 aromatic rings. The van der Waals surface area contributed by atoms with Gasteiger partial charge in [-0.3, -0.25) is 20.5 Å². The number of ether oxygens (including phenoxy) is 3. The molecule has 0 aliphatic heterocycles. The van der Waals surface area contributed by atoms with E-state index in [0.717, 1.165) is 12.0 Å². The lowest BCUT2D eigenvalue weighted by atomic mass is 9.97. The minimum atomic E-state index is -0.321. The SMILES string of the molecule is C=C(c1sc(NC(=O)c2ccnc(COC)c2)nc1C(=N)OC)C(C)CCOC. The van der Waals surface area contributed by atoms with Crippen molar-refractivity contribution in [2.45, 2.75) is 20.0 Å². The van der Waals surface area contributed by atoms with Gasteiger partial charge in [-0.25, -0.2) is 4.98 Å². The van der Waals surface area contributed by atoms with E-state index in [1.165, 1.54) is 18.4 Å². The number of hydrogen-bond donors (Lipinski definition) is 2. The fourth-order valence-corrected chi connectivity index (χ4v) is 3.59. The lowest BCUT2D eigenvalue weighted by Gasteiger charge is -2.13. The van der Waals surface area contributed by atoms with Gasteiger partial charge in [0.05, 0.1) is 24.3 Å². The highest BCUT2D eigenvalue weighted by molar-refractivity contribution is 7.17. The number of nitrogens with one attached hydrogen (secondary N) is 2. The first kappa shape index (κ1) is 22.7. The van der Waals surface area contributed by atoms with Crippen molar-refractivity contribution in [3.8, 4) is 0 Å². The third kappa shape index (κ3) is 5.93. The van der Waals surface area contributed by atoms with Gasteiger partial charge in [-0.15, -0.1) is 0 Å². The number of anilines is 1. The van der Waals surface area contributed by atoms with Crippen LogP contribution < -0.4 is 5.32 Å². The maximum Gasteiger partial charge on any atom is 0.257 e. The van der Waals surface area contributed by atoms with E-state index in [0.29, 0.717) is 40.2 Å². The molecule has 2 heterocycles. The molecule has 0 fully saturated rings. The quantitative estimate of drug-likeness (QED) is 0.451. The van der Waals surface area contributed by atoms with Crippen LogP contribution in [-0.2, 0) is 20.8 Å². The van der Waals surface area contributed by atoms with Crippen LogP contribution in [0.3, 0.4) is 0 Å². The average Bonchev–Trinajstić information content (AvgIpc) is 3.14. The summed E-state index contributed by atoms with van der Waals surface area (Å²) < 4.78 is 15.3. The summed E-state index contributed by atoms with van der Waals surface area (Å²) in [6.45, 7) is 7.12. The van der Waals surface area contributed by atoms with E-state index < -0.39 is 0 Å². The Hall–Kier alpha value is -2.62. The number of pyridine rings is 1. The largest absolute Gasteiger partial charge is 0.480 e. The number of allylic oxidation sites excluding steroid dienone is 1. The molecule has 9 heteroatoms. The van der Waals surface area contributed by atoms with Crippen molar-refractivity contribution in [3.63, 3.8) is 0 Å². The van der Waals surface area contributed by atoms with Crippen LogP contribution in [0.4, 0.5) is 5.13 Å². The number of carbonyl (C=O) groups is 1. The van der Waals surface area contributed by atoms with Gasteiger partial charge < -0.3 is 14.2 Å². The van der Waals surface area contributed by atoms with Gasteiger partial charge >= 0.3 is 0 Å². The Bertz CT molecular complexity index is 881. The number of amides is 1. The minimum Gasteiger partial charge on any atom is -0.480 e. The van der Waals surface area contributed by atoms with Crippen LogP contribution in [0, 0.1) is 11.3 Å². The monoisotopic (exact) mass is 418 g/mol. The van der Waals surface area contributed by atoms with Crippen LogP contribution >= 0.6 is 11.3 Å². The van der Waals surface area contributed by atoms with Gasteiger partial charge in [0.1, 0.15) is 5.69 Å². The summed E-state index contributed by atoms with van der Waals surface area (Å²) in [7, 11) is 4.63. The van der Waals surface area contributed by atoms with Crippen LogP contribution in [0.15, 0.2) is 24.9 Å². The minimum absolute atomic E-state index is 0.0804. The van der Waals surface area contributed by atoms with E-state index in [-0.39, 0.29) is 17.7 Å². The topological polar surface area (TPSA) is 106 Å². The van der Waals surface area contributed by atoms with E-state index in [9.17, 15) is 4.79 Å². The molecule has 2 aromatic heterocycles. The molecule has 0 saturated carbocycles. The van der Waals surface area contributed by atoms with Crippen LogP contribution in [0.5, 0.6) is 0 Å². The van der Waals surface area contributed by atoms with Crippen LogP contribution in [0.25, 0.3) is 5.57 Å². The number of hydrogen-bond acceptors (Lipinski definition) is 8. The van der Waals surface area contributed by atoms with Gasteiger partial charge in [-0.2, -0.15) is 0 Å². The first-order chi connectivity index (χ1) is 13.9. The smallest absolute Gasteiger partial charge is 0.257 e. The maximum atomic E-state index is 12.6. The zero-order valence-electron chi connectivity index (χ0n) is 17.1. The van der Waals surface area contributed by atoms with Crippen molar-refractivity contribution in [3.05, 3.63) is 46.7 Å². The molecular weight excluding hydrogens is 392 g/mol. The Morgan fingerprint density at radius 3 is 2.76 bits per heavy atom. The Morgan fingerprint density at radius 2 is 2.10 bits per heavy atom. The Kier molecular flexibility index (Phi) is 8.44. The number of aromatic nitrogens is 2. The van der Waals surface area contributed by atoms with E-state index in [4.69, 9.17) is 19.6 Å². The predicted octanol–water partition coefficient (Wildman–Crippen LogP) is 3.59. The molecule has 8 nitrogen and oxygen atoms in total. The fraction of sp³-hybridized carbons (Fsp3) is 0.400. The van der Waals surface area contributed by atoms with Crippen LogP contribution in [0.2, 0.25) is 0 Å². The zero-order chi connectivity index (χ0) is 21.4. The number of rotatable bonds is 10. The van der Waals surface area contributed by atoms with Gasteiger partial charge in [-0.1, -0.05) is 24.8 Å². The fourth-order valence-electron chi connectivity index (χ4n) is 2.55. The molecule has 0 aromatic carbocycles. The number of nitrogens with zero attached hydrogens (tertiary/aromatic N) is 2. The van der Waals surface area contributed by atoms with Crippen molar-refractivity contribution in [1.29, 1.82) is 5.41 Å². The lowest BCUT2D eigenvalue weighted by Crippen LogP contribution is -2.13. The van der Waals surface area contributed by atoms with Crippen LogP contribution in [0.1, 0.15) is 40.0 Å². The molecule has 2 rings (SSSR count). The second kappa shape index (κ2) is 10.8. The normalized spacial score (nSPS) is 11.7. The Balaban J connectivity index is 2.26. The molecule has 0 aliphatic rings. The zero-order valence-corrected chi connectivity index (χ0v) is 17.9. The van der Waals surface area contributed by atoms with E-state index in [1.54, 1.807) is 32.5 Å². The van der Waals surface area contributed by atoms with Gasteiger partial charge in [0.15, 0.2) is 5.13 Å². The first-order valence-electron chi connectivity index (χ1n) is 8.98. The molecule has 29 heavy (non-hydrogen) atoms. The molecule has 1 amide bonds. The standard InChI is InChI=1S/C20H26N4O4S/c1-12(7-9-26-3)13(2)17-16(18(21)28-5)23-20(29-17)24-19(25)14-6-8-22-15(10-14)11-27-4/h6,8,10,12,21H,2,7,9,11H2,1,3-5H3,(H,23,24,25). The predicted molar refractivity (Wildman–Crippen MR) is 114 cm³/mol. The van der Waals surface area contributed by atoms with Gasteiger partial charge in [0, 0.05) is 32.6 Å². The second-order valence-corrected chi connectivity index (χ2v) is 7.36. The summed E-state index contributed by atoms with van der Waals surface area (Å²) in [5.74, 6) is -0.277. The summed E-state index contributed by atoms with van der Waals surface area (Å²) >= 11 is 1.27. The van der Waals surface area contributed by atoms with E-state index in [1.807, 2.05) is 6.92 Å². The molecule has 0 aliphatic carbocycles. The molecule has 2 N–H and O–H groups in total. The number of methoxy groups -OCH3 is 3. The van der Waals surface area contributed by atoms with Gasteiger partial charge in [0.25, 0.3) is 5.91 Å². The first-order valence-corrected chi connectivity index (χ1v) is 9.79. The lowest BCUT2D eigenvalue weighted by molar-refractivity contribution is 0.102. The molecule has 1 atom stereocenters. The summed E-state index contributed by atoms with van der Waals surface area (Å²) in [5, 5.41) is 11.2. The van der Waals surface area contributed by atoms with Crippen molar-refractivity contribution >= 4 is 33.8 Å². The van der Waals surface area contributed by atoms with Crippen molar-refractivity contribution in [2.24, 2.45) is 5.92 Å². The number of thiazole rings is 1. The summed E-state index contributed by atoms with van der Waals surface area (Å²) in [4.78, 5) is 21.9. The van der Waals surface area contributed by atoms with Crippen molar-refractivity contribution in [1.82, 2.24) is 9.97 Å². The molecule has 0 spiro atoms. The summed E-state index contributed by atoms with van der Waals surface area (Å²) in [6, 6.07) is 3.28. The highest BCUT2D eigenvalue weighted by atomic mass is 32.1. The summed E-state index contributed by atoms with van der Waals surface area (Å²) in [5.41, 5.74) is 2.28.